The first-order valence-electron chi connectivity index (χ1n) is 6.74. The van der Waals surface area contributed by atoms with Crippen LogP contribution >= 0.6 is 11.6 Å². The van der Waals surface area contributed by atoms with Gasteiger partial charge in [0, 0.05) is 16.4 Å². The van der Waals surface area contributed by atoms with E-state index in [0.29, 0.717) is 5.69 Å². The molecule has 0 spiro atoms. The van der Waals surface area contributed by atoms with Crippen molar-refractivity contribution in [1.82, 2.24) is 9.55 Å². The number of benzene rings is 1. The Morgan fingerprint density at radius 1 is 1.32 bits per heavy atom. The topological polar surface area (TPSA) is 43.8 Å². The van der Waals surface area contributed by atoms with E-state index in [4.69, 9.17) is 17.3 Å². The lowest BCUT2D eigenvalue weighted by Gasteiger charge is -2.15. The third kappa shape index (κ3) is 2.35. The molecule has 0 amide bonds. The van der Waals surface area contributed by atoms with Gasteiger partial charge in [0.25, 0.3) is 0 Å². The van der Waals surface area contributed by atoms with E-state index in [-0.39, 0.29) is 0 Å². The van der Waals surface area contributed by atoms with Crippen LogP contribution in [0.3, 0.4) is 0 Å². The molecule has 3 rings (SSSR count). The van der Waals surface area contributed by atoms with E-state index in [0.717, 1.165) is 35.8 Å². The van der Waals surface area contributed by atoms with Crippen LogP contribution in [0.4, 0.5) is 5.69 Å². The van der Waals surface area contributed by atoms with Crippen LogP contribution in [0.1, 0.15) is 35.6 Å². The molecule has 0 aliphatic heterocycles. The molecule has 1 heterocycles. The Morgan fingerprint density at radius 2 is 2.11 bits per heavy atom. The molecular formula is C15H18ClN3. The number of halogens is 1. The van der Waals surface area contributed by atoms with Crippen molar-refractivity contribution in [2.45, 2.75) is 39.2 Å². The average Bonchev–Trinajstić information content (AvgIpc) is 2.69. The summed E-state index contributed by atoms with van der Waals surface area (Å²) in [6.07, 6.45) is 4.75. The molecule has 2 aromatic rings. The minimum atomic E-state index is 0.707. The van der Waals surface area contributed by atoms with Gasteiger partial charge in [-0.05, 0) is 50.3 Å². The summed E-state index contributed by atoms with van der Waals surface area (Å²) >= 11 is 6.27. The largest absolute Gasteiger partial charge is 0.399 e. The summed E-state index contributed by atoms with van der Waals surface area (Å²) in [6.45, 7) is 2.86. The number of hydrogen-bond donors (Lipinski definition) is 1. The predicted molar refractivity (Wildman–Crippen MR) is 78.6 cm³/mol. The molecule has 0 atom stereocenters. The number of imidazole rings is 1. The Hall–Kier alpha value is -1.48. The highest BCUT2D eigenvalue weighted by Gasteiger charge is 2.18. The van der Waals surface area contributed by atoms with Crippen LogP contribution < -0.4 is 5.73 Å². The zero-order chi connectivity index (χ0) is 13.4. The maximum absolute atomic E-state index is 6.27. The lowest BCUT2D eigenvalue weighted by molar-refractivity contribution is 0.624. The van der Waals surface area contributed by atoms with E-state index in [1.165, 1.54) is 24.2 Å². The first-order valence-corrected chi connectivity index (χ1v) is 7.11. The van der Waals surface area contributed by atoms with Crippen LogP contribution in [0.25, 0.3) is 0 Å². The summed E-state index contributed by atoms with van der Waals surface area (Å²) in [5, 5.41) is 0.734. The first-order chi connectivity index (χ1) is 9.15. The van der Waals surface area contributed by atoms with Crippen molar-refractivity contribution < 1.29 is 0 Å². The van der Waals surface area contributed by atoms with Gasteiger partial charge < -0.3 is 10.3 Å². The van der Waals surface area contributed by atoms with Crippen molar-refractivity contribution >= 4 is 17.3 Å². The molecule has 1 aromatic heterocycles. The number of rotatable bonds is 2. The molecule has 1 aliphatic rings. The van der Waals surface area contributed by atoms with E-state index in [2.05, 4.69) is 16.5 Å². The molecule has 2 N–H and O–H groups in total. The van der Waals surface area contributed by atoms with Gasteiger partial charge in [-0.1, -0.05) is 17.7 Å². The van der Waals surface area contributed by atoms with Crippen molar-refractivity contribution in [3.8, 4) is 0 Å². The molecule has 100 valence electrons. The van der Waals surface area contributed by atoms with Crippen molar-refractivity contribution in [3.63, 3.8) is 0 Å². The zero-order valence-electron chi connectivity index (χ0n) is 11.1. The molecule has 0 saturated carbocycles. The Kier molecular flexibility index (Phi) is 3.23. The summed E-state index contributed by atoms with van der Waals surface area (Å²) in [5.41, 5.74) is 10.2. The SMILES string of the molecule is Cc1nc2c(n1Cc1ccc(N)cc1Cl)CCCC2. The monoisotopic (exact) mass is 275 g/mol. The molecular weight excluding hydrogens is 258 g/mol. The van der Waals surface area contributed by atoms with Crippen LogP contribution in [-0.2, 0) is 19.4 Å². The Labute approximate surface area is 118 Å². The van der Waals surface area contributed by atoms with Crippen molar-refractivity contribution in [1.29, 1.82) is 0 Å². The van der Waals surface area contributed by atoms with Crippen LogP contribution in [-0.4, -0.2) is 9.55 Å². The van der Waals surface area contributed by atoms with Gasteiger partial charge >= 0.3 is 0 Å². The maximum atomic E-state index is 6.27. The third-order valence-electron chi connectivity index (χ3n) is 3.83. The molecule has 1 aliphatic carbocycles. The van der Waals surface area contributed by atoms with Gasteiger partial charge in [-0.25, -0.2) is 4.98 Å². The quantitative estimate of drug-likeness (QED) is 0.854. The molecule has 4 heteroatoms. The molecule has 0 fully saturated rings. The summed E-state index contributed by atoms with van der Waals surface area (Å²) in [7, 11) is 0. The van der Waals surface area contributed by atoms with E-state index in [1.807, 2.05) is 18.2 Å². The lowest BCUT2D eigenvalue weighted by atomic mass is 10.0. The number of hydrogen-bond acceptors (Lipinski definition) is 2. The highest BCUT2D eigenvalue weighted by molar-refractivity contribution is 6.31. The van der Waals surface area contributed by atoms with Crippen LogP contribution in [0.5, 0.6) is 0 Å². The Bertz CT molecular complexity index is 616. The fraction of sp³-hybridized carbons (Fsp3) is 0.400. The van der Waals surface area contributed by atoms with Gasteiger partial charge in [0.2, 0.25) is 0 Å². The molecule has 0 bridgehead atoms. The fourth-order valence-corrected chi connectivity index (χ4v) is 3.06. The van der Waals surface area contributed by atoms with E-state index in [9.17, 15) is 0 Å². The van der Waals surface area contributed by atoms with Crippen molar-refractivity contribution in [2.24, 2.45) is 0 Å². The van der Waals surface area contributed by atoms with E-state index >= 15 is 0 Å². The smallest absolute Gasteiger partial charge is 0.106 e. The standard InChI is InChI=1S/C15H18ClN3/c1-10-18-14-4-2-3-5-15(14)19(10)9-11-6-7-12(17)8-13(11)16/h6-8H,2-5,9,17H2,1H3. The van der Waals surface area contributed by atoms with Crippen LogP contribution in [0, 0.1) is 6.92 Å². The number of nitrogen functional groups attached to an aromatic ring is 1. The lowest BCUT2D eigenvalue weighted by Crippen LogP contribution is -2.10. The molecule has 19 heavy (non-hydrogen) atoms. The van der Waals surface area contributed by atoms with Crippen LogP contribution in [0.15, 0.2) is 18.2 Å². The molecule has 0 unspecified atom stereocenters. The highest BCUT2D eigenvalue weighted by atomic mass is 35.5. The second kappa shape index (κ2) is 4.89. The van der Waals surface area contributed by atoms with E-state index < -0.39 is 0 Å². The maximum Gasteiger partial charge on any atom is 0.106 e. The summed E-state index contributed by atoms with van der Waals surface area (Å²) in [6, 6.07) is 5.72. The average molecular weight is 276 g/mol. The van der Waals surface area contributed by atoms with Gasteiger partial charge in [-0.3, -0.25) is 0 Å². The van der Waals surface area contributed by atoms with Gasteiger partial charge in [0.05, 0.1) is 12.2 Å². The second-order valence-electron chi connectivity index (χ2n) is 5.20. The number of aryl methyl sites for hydroxylation is 2. The minimum absolute atomic E-state index is 0.707. The fourth-order valence-electron chi connectivity index (χ4n) is 2.81. The number of nitrogens with zero attached hydrogens (tertiary/aromatic N) is 2. The zero-order valence-corrected chi connectivity index (χ0v) is 11.9. The van der Waals surface area contributed by atoms with Gasteiger partial charge in [0.15, 0.2) is 0 Å². The Morgan fingerprint density at radius 3 is 2.89 bits per heavy atom. The first kappa shape index (κ1) is 12.5. The number of aromatic nitrogens is 2. The normalized spacial score (nSPS) is 14.4. The Balaban J connectivity index is 1.97. The van der Waals surface area contributed by atoms with Crippen LogP contribution in [0.2, 0.25) is 5.02 Å². The van der Waals surface area contributed by atoms with E-state index in [1.54, 1.807) is 0 Å². The number of fused-ring (bicyclic) bond motifs is 1. The number of nitrogens with two attached hydrogens (primary N) is 1. The van der Waals surface area contributed by atoms with Gasteiger partial charge in [-0.15, -0.1) is 0 Å². The summed E-state index contributed by atoms with van der Waals surface area (Å²) < 4.78 is 2.30. The second-order valence-corrected chi connectivity index (χ2v) is 5.60. The molecule has 3 nitrogen and oxygen atoms in total. The van der Waals surface area contributed by atoms with Gasteiger partial charge in [0.1, 0.15) is 5.82 Å². The summed E-state index contributed by atoms with van der Waals surface area (Å²) in [5.74, 6) is 1.08. The van der Waals surface area contributed by atoms with Crippen molar-refractivity contribution in [3.05, 3.63) is 46.0 Å². The number of anilines is 1. The van der Waals surface area contributed by atoms with Crippen molar-refractivity contribution in [2.75, 3.05) is 5.73 Å². The van der Waals surface area contributed by atoms with Gasteiger partial charge in [-0.2, -0.15) is 0 Å². The molecule has 0 radical (unpaired) electrons. The molecule has 1 aromatic carbocycles. The highest BCUT2D eigenvalue weighted by Crippen LogP contribution is 2.25. The predicted octanol–water partition coefficient (Wildman–Crippen LogP) is 3.35. The molecule has 0 saturated heterocycles. The summed E-state index contributed by atoms with van der Waals surface area (Å²) in [4.78, 5) is 4.69. The third-order valence-corrected chi connectivity index (χ3v) is 4.18. The minimum Gasteiger partial charge on any atom is -0.399 e.